The smallest absolute Gasteiger partial charge is 0.419 e. The molecule has 37 heteroatoms. The number of aromatic nitrogens is 10. The quantitative estimate of drug-likeness (QED) is 0.0156. The molecule has 7 N–H and O–H groups in total. The van der Waals surface area contributed by atoms with E-state index in [2.05, 4.69) is 96.8 Å². The van der Waals surface area contributed by atoms with Gasteiger partial charge in [0.2, 0.25) is 0 Å². The number of ether oxygens (including phenoxy) is 4. The standard InChI is InChI=1S/C24H22F3N3O3.C17H20FN3O2.C16H18FN3O2.C11H14FN3.C11H10FN3.C7H3ClF2O.C6H9BrO3/c1-12(2)33-23(32)15-10-30(22(31)13-5-6-16(26)17(27)7-13)11-24(3,4)19-20(15)29-18-8-14(25)9-28-21(18)19;1-9(2)23-16(22)11-7-19-8-17(3,4)13-14(11)21-12-5-10(18)6-20-15(12)13;1-15(2,3)22-14(21)20-8-11(16(4,5)9-18)13-12(20)6-10(17)7-19-13;2*1-11(2,6-13)8-5-14-9-3-7(12)4-15-10(8)9;8-7(11)4-1-2-5(9)6(10)3-4;1-4(2)10-6(9)5(8)3-7/h5-10,12,29H,11H2,1-4H3;5-7,9,19,21H,8H2,1-4H3;6-8H,1-5H3;3-5,14H,6,13H2,1-2H3;3-5,14H,1-2H3;1-3H;4H,3H2,1-2H3. The van der Waals surface area contributed by atoms with E-state index in [1.54, 1.807) is 102 Å². The van der Waals surface area contributed by atoms with Gasteiger partial charge in [-0.15, -0.1) is 0 Å². The van der Waals surface area contributed by atoms with Crippen LogP contribution in [0.15, 0.2) is 129 Å². The number of nitriles is 2. The van der Waals surface area contributed by atoms with Crippen molar-refractivity contribution in [3.05, 3.63) is 231 Å². The normalized spacial score (nSPS) is 13.3. The number of benzene rings is 2. The molecule has 0 unspecified atom stereocenters. The summed E-state index contributed by atoms with van der Waals surface area (Å²) in [6.07, 6.45) is 12.3. The van der Waals surface area contributed by atoms with Gasteiger partial charge in [-0.2, -0.15) is 10.5 Å². The van der Waals surface area contributed by atoms with Gasteiger partial charge in [-0.05, 0) is 138 Å². The number of halogens is 11. The molecule has 14 rings (SSSR count). The second-order valence-corrected chi connectivity index (χ2v) is 35.4. The molecule has 0 bridgehead atoms. The lowest BCUT2D eigenvalue weighted by atomic mass is 9.83. The number of H-pyrrole nitrogens is 4. The zero-order valence-corrected chi connectivity index (χ0v) is 76.3. The second kappa shape index (κ2) is 41.4. The van der Waals surface area contributed by atoms with Crippen molar-refractivity contribution < 1.29 is 92.0 Å². The molecule has 1 amide bonds. The fourth-order valence-corrected chi connectivity index (χ4v) is 13.4. The van der Waals surface area contributed by atoms with E-state index >= 15 is 0 Å². The van der Waals surface area contributed by atoms with E-state index in [0.717, 1.165) is 71.1 Å². The number of amides is 1. The van der Waals surface area contributed by atoms with Crippen LogP contribution in [0.1, 0.15) is 191 Å². The highest BCUT2D eigenvalue weighted by Gasteiger charge is 2.40. The molecule has 12 aromatic rings. The molecular weight excluding hydrogens is 1780 g/mol. The third-order valence-corrected chi connectivity index (χ3v) is 20.2. The number of nitrogens with zero attached hydrogens (tertiary/aromatic N) is 9. The average Bonchev–Trinajstić information content (AvgIpc) is 1.59. The van der Waals surface area contributed by atoms with Gasteiger partial charge in [0.1, 0.15) is 34.7 Å². The largest absolute Gasteiger partial charge is 0.459 e. The Balaban J connectivity index is 0.000000193. The SMILES string of the molecule is CC(C)(C#N)c1c[nH]c2cc(F)cnc12.CC(C)(C)OC(=O)n1cc(C(C)(C)C#N)c2ncc(F)cc21.CC(C)(CN)c1c[nH]c2cc(F)cnc12.CC(C)OC(=O)C(=O)CBr.CC(C)OC(=O)C1=CN(C(=O)c2ccc(F)c(F)c2)CC(C)(C)c2c1[nH]c1cc(F)cnc21.CC(C)OC(=O)C1=CNCC(C)(C)c2c1[nH]c1cc(F)cnc21.O=C(Cl)c1ccc(F)c(F)c1. The number of carbonyl (C=O) groups excluding carboxylic acids is 7. The Bertz CT molecular complexity index is 6400. The van der Waals surface area contributed by atoms with Crippen LogP contribution in [-0.4, -0.2) is 144 Å². The molecular formula is C92H96BrClF9N15O11. The molecule has 129 heavy (non-hydrogen) atoms. The van der Waals surface area contributed by atoms with Crippen molar-refractivity contribution >= 4 is 135 Å². The molecule has 0 saturated carbocycles. The molecule has 2 aliphatic rings. The van der Waals surface area contributed by atoms with E-state index in [9.17, 15) is 78.3 Å². The summed E-state index contributed by atoms with van der Waals surface area (Å²) >= 11 is 7.85. The number of aromatic amines is 4. The lowest BCUT2D eigenvalue weighted by Gasteiger charge is -2.29. The molecule has 0 fully saturated rings. The molecule has 0 saturated heterocycles. The minimum absolute atomic E-state index is 0.0263. The van der Waals surface area contributed by atoms with Crippen LogP contribution in [0.3, 0.4) is 0 Å². The maximum Gasteiger partial charge on any atom is 0.419 e. The van der Waals surface area contributed by atoms with Crippen molar-refractivity contribution in [2.24, 2.45) is 5.73 Å². The Labute approximate surface area is 749 Å². The number of fused-ring (bicyclic) bond motifs is 9. The zero-order chi connectivity index (χ0) is 96.2. The Morgan fingerprint density at radius 3 is 1.42 bits per heavy atom. The summed E-state index contributed by atoms with van der Waals surface area (Å²) in [5.41, 5.74) is 13.1. The Hall–Kier alpha value is -13.1. The van der Waals surface area contributed by atoms with E-state index < -0.39 is 110 Å². The molecule has 2 aromatic carbocycles. The number of rotatable bonds is 13. The molecule has 0 radical (unpaired) electrons. The minimum atomic E-state index is -1.15. The van der Waals surface area contributed by atoms with Crippen LogP contribution in [0.2, 0.25) is 0 Å². The second-order valence-electron chi connectivity index (χ2n) is 34.5. The van der Waals surface area contributed by atoms with Crippen LogP contribution in [0.5, 0.6) is 0 Å². The molecule has 10 aromatic heterocycles. The van der Waals surface area contributed by atoms with E-state index in [1.807, 2.05) is 33.9 Å². The third-order valence-electron chi connectivity index (χ3n) is 19.4. The molecule has 0 spiro atoms. The number of carbonyl (C=O) groups is 7. The lowest BCUT2D eigenvalue weighted by Crippen LogP contribution is -2.37. The van der Waals surface area contributed by atoms with Crippen molar-refractivity contribution in [3.63, 3.8) is 0 Å². The number of hydrogen-bond donors (Lipinski definition) is 6. The van der Waals surface area contributed by atoms with Crippen LogP contribution >= 0.6 is 27.5 Å². The minimum Gasteiger partial charge on any atom is -0.459 e. The number of nitrogens with one attached hydrogen (secondary N) is 5. The first kappa shape index (κ1) is 101. The lowest BCUT2D eigenvalue weighted by molar-refractivity contribution is -0.155. The van der Waals surface area contributed by atoms with Crippen molar-refractivity contribution in [2.45, 2.75) is 183 Å². The van der Waals surface area contributed by atoms with Gasteiger partial charge in [-0.1, -0.05) is 57.5 Å². The Morgan fingerprint density at radius 1 is 0.543 bits per heavy atom. The summed E-state index contributed by atoms with van der Waals surface area (Å²) in [5, 5.41) is 20.7. The van der Waals surface area contributed by atoms with Gasteiger partial charge in [-0.25, -0.2) is 58.7 Å². The van der Waals surface area contributed by atoms with Crippen LogP contribution in [0.4, 0.5) is 44.3 Å². The number of Topliss-reactive ketones (excluding diaryl/α,β-unsaturated/α-hetero) is 1. The Kier molecular flexibility index (Phi) is 32.5. The maximum absolute atomic E-state index is 13.8. The molecule has 26 nitrogen and oxygen atoms in total. The summed E-state index contributed by atoms with van der Waals surface area (Å²) in [4.78, 5) is 116. The fourth-order valence-electron chi connectivity index (χ4n) is 13.1. The summed E-state index contributed by atoms with van der Waals surface area (Å²) in [7, 11) is 0. The average molecular weight is 1870 g/mol. The first-order chi connectivity index (χ1) is 60.1. The highest BCUT2D eigenvalue weighted by atomic mass is 79.9. The van der Waals surface area contributed by atoms with Crippen molar-refractivity contribution in [2.75, 3.05) is 25.0 Å². The van der Waals surface area contributed by atoms with Gasteiger partial charge in [-0.3, -0.25) is 43.9 Å². The monoisotopic (exact) mass is 1870 g/mol. The van der Waals surface area contributed by atoms with Crippen LogP contribution in [0.25, 0.3) is 66.3 Å². The number of ketones is 1. The predicted molar refractivity (Wildman–Crippen MR) is 471 cm³/mol. The van der Waals surface area contributed by atoms with Gasteiger partial charge in [0, 0.05) is 136 Å². The molecule has 0 aliphatic carbocycles. The highest BCUT2D eigenvalue weighted by molar-refractivity contribution is 9.09. The van der Waals surface area contributed by atoms with E-state index in [0.29, 0.717) is 85.3 Å². The van der Waals surface area contributed by atoms with Crippen molar-refractivity contribution in [1.82, 2.24) is 59.6 Å². The van der Waals surface area contributed by atoms with Crippen LogP contribution in [0, 0.1) is 75.0 Å². The van der Waals surface area contributed by atoms with Gasteiger partial charge in [0.25, 0.3) is 16.9 Å². The Morgan fingerprint density at radius 2 is 0.961 bits per heavy atom. The van der Waals surface area contributed by atoms with E-state index in [4.69, 9.17) is 36.8 Å². The van der Waals surface area contributed by atoms with Gasteiger partial charge in [0.15, 0.2) is 23.3 Å². The van der Waals surface area contributed by atoms with Crippen LogP contribution < -0.4 is 11.1 Å². The highest BCUT2D eigenvalue weighted by Crippen LogP contribution is 2.42. The first-order valence-corrected chi connectivity index (χ1v) is 41.4. The molecule has 2 aliphatic heterocycles. The topological polar surface area (TPSA) is 378 Å². The predicted octanol–water partition coefficient (Wildman–Crippen LogP) is 19.0. The number of nitrogens with two attached hydrogens (primary N) is 1. The van der Waals surface area contributed by atoms with Gasteiger partial charge in [0.05, 0.1) is 155 Å². The first-order valence-electron chi connectivity index (χ1n) is 39.9. The van der Waals surface area contributed by atoms with Crippen molar-refractivity contribution in [1.29, 1.82) is 10.5 Å². The molecule has 12 heterocycles. The molecule has 682 valence electrons. The summed E-state index contributed by atoms with van der Waals surface area (Å²) < 4.78 is 140. The number of esters is 3. The summed E-state index contributed by atoms with van der Waals surface area (Å²) in [6, 6.07) is 16.7. The summed E-state index contributed by atoms with van der Waals surface area (Å²) in [5.74, 6) is -9.57. The maximum atomic E-state index is 13.8. The fraction of sp³-hybridized carbons (Fsp3) is 0.348. The number of pyridine rings is 5. The number of hydrogen-bond acceptors (Lipinski definition) is 20. The van der Waals surface area contributed by atoms with Crippen molar-refractivity contribution in [3.8, 4) is 12.1 Å². The summed E-state index contributed by atoms with van der Waals surface area (Å²) in [6.45, 7) is 35.8. The van der Waals surface area contributed by atoms with Gasteiger partial charge < -0.3 is 54.8 Å². The molecule has 0 atom stereocenters. The van der Waals surface area contributed by atoms with E-state index in [1.165, 1.54) is 70.7 Å². The number of alkyl halides is 1. The third kappa shape index (κ3) is 25.0. The van der Waals surface area contributed by atoms with E-state index in [-0.39, 0.29) is 68.8 Å². The van der Waals surface area contributed by atoms with Gasteiger partial charge >= 0.3 is 24.0 Å². The zero-order valence-electron chi connectivity index (χ0n) is 73.9. The van der Waals surface area contributed by atoms with Crippen LogP contribution in [-0.2, 0) is 65.2 Å².